The lowest BCUT2D eigenvalue weighted by atomic mass is 10.2. The van der Waals surface area contributed by atoms with Crippen molar-refractivity contribution in [2.24, 2.45) is 0 Å². The third kappa shape index (κ3) is 6.50. The molecule has 0 radical (unpaired) electrons. The Bertz CT molecular complexity index is 860. The lowest BCUT2D eigenvalue weighted by molar-refractivity contribution is -0.137. The summed E-state index contributed by atoms with van der Waals surface area (Å²) in [5.74, 6) is 0.538. The van der Waals surface area contributed by atoms with Gasteiger partial charge >= 0.3 is 12.1 Å². The zero-order valence-electron chi connectivity index (χ0n) is 15.5. The number of methoxy groups -OCH3 is 1. The van der Waals surface area contributed by atoms with Gasteiger partial charge in [0.25, 0.3) is 0 Å². The summed E-state index contributed by atoms with van der Waals surface area (Å²) in [7, 11) is 1.52. The molecule has 0 aliphatic carbocycles. The van der Waals surface area contributed by atoms with E-state index >= 15 is 0 Å². The number of carbonyl (C=O) groups excluding carboxylic acids is 1. The van der Waals surface area contributed by atoms with E-state index < -0.39 is 17.7 Å². The standard InChI is InChI=1S/C21H19F3O4/c1-14(2)12-19(27-17-6-4-15(5-7-17)21(22,23)24)13-20(25)28-18-10-8-16(26-3)9-11-18/h4-13H,1-3H3/b19-13+. The molecule has 2 aromatic carbocycles. The molecule has 0 saturated carbocycles. The molecule has 0 aliphatic heterocycles. The van der Waals surface area contributed by atoms with Crippen molar-refractivity contribution in [1.82, 2.24) is 0 Å². The van der Waals surface area contributed by atoms with E-state index in [1.54, 1.807) is 44.2 Å². The van der Waals surface area contributed by atoms with Crippen LogP contribution in [0.25, 0.3) is 0 Å². The molecule has 0 heterocycles. The van der Waals surface area contributed by atoms with E-state index in [0.717, 1.165) is 23.8 Å². The van der Waals surface area contributed by atoms with Crippen molar-refractivity contribution in [1.29, 1.82) is 0 Å². The molecule has 2 aromatic rings. The average Bonchev–Trinajstić information content (AvgIpc) is 2.61. The van der Waals surface area contributed by atoms with E-state index in [1.165, 1.54) is 19.2 Å². The minimum atomic E-state index is -4.43. The molecule has 0 aromatic heterocycles. The van der Waals surface area contributed by atoms with Crippen LogP contribution in [0.1, 0.15) is 19.4 Å². The number of hydrogen-bond donors (Lipinski definition) is 0. The number of ether oxygens (including phenoxy) is 3. The molecule has 0 N–H and O–H groups in total. The van der Waals surface area contributed by atoms with Gasteiger partial charge in [-0.3, -0.25) is 0 Å². The summed E-state index contributed by atoms with van der Waals surface area (Å²) >= 11 is 0. The van der Waals surface area contributed by atoms with Gasteiger partial charge in [0, 0.05) is 0 Å². The number of esters is 1. The summed E-state index contributed by atoms with van der Waals surface area (Å²) in [5.41, 5.74) is 0.0434. The molecule has 28 heavy (non-hydrogen) atoms. The molecule has 0 fully saturated rings. The van der Waals surface area contributed by atoms with E-state index in [1.807, 2.05) is 0 Å². The summed E-state index contributed by atoms with van der Waals surface area (Å²) in [6.45, 7) is 3.58. The average molecular weight is 392 g/mol. The molecule has 0 spiro atoms. The molecule has 2 rings (SSSR count). The number of benzene rings is 2. The van der Waals surface area contributed by atoms with E-state index in [4.69, 9.17) is 14.2 Å². The van der Waals surface area contributed by atoms with Crippen LogP contribution in [-0.2, 0) is 11.0 Å². The quantitative estimate of drug-likeness (QED) is 0.213. The van der Waals surface area contributed by atoms with Gasteiger partial charge in [0.1, 0.15) is 23.0 Å². The molecular formula is C21H19F3O4. The molecule has 0 aliphatic rings. The number of alkyl halides is 3. The molecule has 148 valence electrons. The smallest absolute Gasteiger partial charge is 0.416 e. The van der Waals surface area contributed by atoms with Gasteiger partial charge in [0.15, 0.2) is 0 Å². The predicted octanol–water partition coefficient (Wildman–Crippen LogP) is 5.55. The molecule has 7 heteroatoms. The maximum Gasteiger partial charge on any atom is 0.416 e. The molecule has 0 atom stereocenters. The van der Waals surface area contributed by atoms with Crippen LogP contribution < -0.4 is 14.2 Å². The molecule has 0 amide bonds. The minimum absolute atomic E-state index is 0.137. The van der Waals surface area contributed by atoms with Gasteiger partial charge in [-0.2, -0.15) is 13.2 Å². The fourth-order valence-electron chi connectivity index (χ4n) is 2.14. The SMILES string of the molecule is COc1ccc(OC(=O)/C=C(\C=C(C)C)Oc2ccc(C(F)(F)F)cc2)cc1. The molecule has 0 unspecified atom stereocenters. The second-order valence-electron chi connectivity index (χ2n) is 5.99. The predicted molar refractivity (Wildman–Crippen MR) is 98.2 cm³/mol. The highest BCUT2D eigenvalue weighted by atomic mass is 19.4. The van der Waals surface area contributed by atoms with Gasteiger partial charge in [-0.05, 0) is 68.5 Å². The zero-order chi connectivity index (χ0) is 20.7. The topological polar surface area (TPSA) is 44.8 Å². The van der Waals surface area contributed by atoms with Crippen LogP contribution in [0.5, 0.6) is 17.2 Å². The normalized spacial score (nSPS) is 11.6. The monoisotopic (exact) mass is 392 g/mol. The number of rotatable bonds is 6. The van der Waals surface area contributed by atoms with Crippen molar-refractivity contribution in [3.8, 4) is 17.2 Å². The van der Waals surface area contributed by atoms with Gasteiger partial charge < -0.3 is 14.2 Å². The Morgan fingerprint density at radius 1 is 0.821 bits per heavy atom. The van der Waals surface area contributed by atoms with Gasteiger partial charge in [-0.25, -0.2) is 4.79 Å². The Morgan fingerprint density at radius 3 is 1.82 bits per heavy atom. The summed E-state index contributed by atoms with van der Waals surface area (Å²) in [6.07, 6.45) is -1.73. The number of carbonyl (C=O) groups is 1. The Kier molecular flexibility index (Phi) is 6.87. The third-order valence-corrected chi connectivity index (χ3v) is 3.39. The maximum atomic E-state index is 12.7. The zero-order valence-corrected chi connectivity index (χ0v) is 15.5. The highest BCUT2D eigenvalue weighted by Crippen LogP contribution is 2.30. The molecular weight excluding hydrogens is 373 g/mol. The Hall–Kier alpha value is -3.22. The largest absolute Gasteiger partial charge is 0.497 e. The lowest BCUT2D eigenvalue weighted by Crippen LogP contribution is -2.07. The van der Waals surface area contributed by atoms with Crippen LogP contribution in [0.3, 0.4) is 0 Å². The van der Waals surface area contributed by atoms with Crippen LogP contribution in [0.4, 0.5) is 13.2 Å². The highest BCUT2D eigenvalue weighted by molar-refractivity contribution is 5.85. The molecule has 0 bridgehead atoms. The lowest BCUT2D eigenvalue weighted by Gasteiger charge is -2.10. The van der Waals surface area contributed by atoms with Crippen molar-refractivity contribution < 1.29 is 32.2 Å². The van der Waals surface area contributed by atoms with Crippen LogP contribution in [0.15, 0.2) is 72.0 Å². The Labute approximate surface area is 160 Å². The molecule has 4 nitrogen and oxygen atoms in total. The summed E-state index contributed by atoms with van der Waals surface area (Å²) in [6, 6.07) is 10.6. The van der Waals surface area contributed by atoms with Gasteiger partial charge in [-0.15, -0.1) is 0 Å². The maximum absolute atomic E-state index is 12.7. The summed E-state index contributed by atoms with van der Waals surface area (Å²) < 4.78 is 53.7. The van der Waals surface area contributed by atoms with Crippen molar-refractivity contribution >= 4 is 5.97 Å². The van der Waals surface area contributed by atoms with Crippen LogP contribution in [-0.4, -0.2) is 13.1 Å². The number of hydrogen-bond acceptors (Lipinski definition) is 4. The second-order valence-corrected chi connectivity index (χ2v) is 5.99. The van der Waals surface area contributed by atoms with Crippen molar-refractivity contribution in [3.63, 3.8) is 0 Å². The second kappa shape index (κ2) is 9.12. The van der Waals surface area contributed by atoms with Gasteiger partial charge in [0.2, 0.25) is 0 Å². The van der Waals surface area contributed by atoms with Crippen molar-refractivity contribution in [2.75, 3.05) is 7.11 Å². The fourth-order valence-corrected chi connectivity index (χ4v) is 2.14. The first-order valence-corrected chi connectivity index (χ1v) is 8.25. The van der Waals surface area contributed by atoms with Gasteiger partial charge in [-0.1, -0.05) is 5.57 Å². The van der Waals surface area contributed by atoms with E-state index in [2.05, 4.69) is 0 Å². The minimum Gasteiger partial charge on any atom is -0.497 e. The van der Waals surface area contributed by atoms with Crippen molar-refractivity contribution in [3.05, 3.63) is 77.6 Å². The van der Waals surface area contributed by atoms with E-state index in [0.29, 0.717) is 11.5 Å². The van der Waals surface area contributed by atoms with E-state index in [9.17, 15) is 18.0 Å². The summed E-state index contributed by atoms with van der Waals surface area (Å²) in [4.78, 5) is 12.1. The van der Waals surface area contributed by atoms with Gasteiger partial charge in [0.05, 0.1) is 18.7 Å². The van der Waals surface area contributed by atoms with Crippen molar-refractivity contribution in [2.45, 2.75) is 20.0 Å². The number of allylic oxidation sites excluding steroid dienone is 2. The first kappa shape index (κ1) is 21.1. The summed E-state index contributed by atoms with van der Waals surface area (Å²) in [5, 5.41) is 0. The van der Waals surface area contributed by atoms with Crippen LogP contribution >= 0.6 is 0 Å². The highest BCUT2D eigenvalue weighted by Gasteiger charge is 2.30. The molecule has 0 saturated heterocycles. The first-order valence-electron chi connectivity index (χ1n) is 8.25. The van der Waals surface area contributed by atoms with E-state index in [-0.39, 0.29) is 11.5 Å². The third-order valence-electron chi connectivity index (χ3n) is 3.39. The fraction of sp³-hybridized carbons (Fsp3) is 0.190. The first-order chi connectivity index (χ1) is 13.2. The van der Waals surface area contributed by atoms with Crippen LogP contribution in [0, 0.1) is 0 Å². The Morgan fingerprint density at radius 2 is 1.32 bits per heavy atom. The Balaban J connectivity index is 2.15. The van der Waals surface area contributed by atoms with Crippen LogP contribution in [0.2, 0.25) is 0 Å². The number of halogens is 3.